The Balaban J connectivity index is 0.000000137. The average molecular weight is 781 g/mol. The molecule has 0 aliphatic rings. The van der Waals surface area contributed by atoms with Gasteiger partial charge in [-0.25, -0.2) is 0 Å². The molecule has 0 saturated heterocycles. The van der Waals surface area contributed by atoms with E-state index in [0.717, 1.165) is 39.3 Å². The summed E-state index contributed by atoms with van der Waals surface area (Å²) in [4.78, 5) is 13.1. The zero-order chi connectivity index (χ0) is 31.4. The number of aromatic nitrogens is 3. The summed E-state index contributed by atoms with van der Waals surface area (Å²) in [5, 5.41) is 4.76. The van der Waals surface area contributed by atoms with Crippen LogP contribution >= 0.6 is 0 Å². The molecule has 0 spiro atoms. The van der Waals surface area contributed by atoms with Crippen LogP contribution in [0.3, 0.4) is 0 Å². The third-order valence-electron chi connectivity index (χ3n) is 7.25. The number of benzene rings is 5. The van der Waals surface area contributed by atoms with Gasteiger partial charge in [0.15, 0.2) is 0 Å². The van der Waals surface area contributed by atoms with Gasteiger partial charge in [-0.15, -0.1) is 120 Å². The van der Waals surface area contributed by atoms with Crippen molar-refractivity contribution < 1.29 is 20.1 Å². The van der Waals surface area contributed by atoms with Crippen LogP contribution in [0.2, 0.25) is 0 Å². The molecule has 4 heteroatoms. The fourth-order valence-corrected chi connectivity index (χ4v) is 4.81. The fourth-order valence-electron chi connectivity index (χ4n) is 4.81. The van der Waals surface area contributed by atoms with Crippen LogP contribution in [-0.4, -0.2) is 15.0 Å². The Hall–Kier alpha value is -5.54. The van der Waals surface area contributed by atoms with Gasteiger partial charge < -0.3 is 15.0 Å². The van der Waals surface area contributed by atoms with E-state index in [-0.39, 0.29) is 20.1 Å². The van der Waals surface area contributed by atoms with Crippen LogP contribution in [0.15, 0.2) is 171 Å². The summed E-state index contributed by atoms with van der Waals surface area (Å²) in [7, 11) is 0. The molecule has 8 aromatic rings. The van der Waals surface area contributed by atoms with Crippen molar-refractivity contribution in [2.45, 2.75) is 0 Å². The van der Waals surface area contributed by atoms with E-state index in [1.807, 2.05) is 122 Å². The second kappa shape index (κ2) is 16.7. The van der Waals surface area contributed by atoms with E-state index in [1.165, 1.54) is 21.5 Å². The van der Waals surface area contributed by atoms with Crippen molar-refractivity contribution in [1.29, 1.82) is 0 Å². The van der Waals surface area contributed by atoms with Gasteiger partial charge in [0.05, 0.1) is 0 Å². The van der Waals surface area contributed by atoms with Gasteiger partial charge in [-0.2, -0.15) is 0 Å². The summed E-state index contributed by atoms with van der Waals surface area (Å²) >= 11 is 0. The molecule has 0 N–H and O–H groups in total. The van der Waals surface area contributed by atoms with E-state index >= 15 is 0 Å². The molecule has 0 aliphatic carbocycles. The first-order valence-electron chi connectivity index (χ1n) is 15.0. The van der Waals surface area contributed by atoms with Crippen LogP contribution in [0.4, 0.5) is 0 Å². The zero-order valence-electron chi connectivity index (χ0n) is 25.5. The molecule has 8 rings (SSSR count). The third-order valence-corrected chi connectivity index (χ3v) is 7.25. The number of fused-ring (bicyclic) bond motifs is 2. The predicted octanol–water partition coefficient (Wildman–Crippen LogP) is 10.6. The van der Waals surface area contributed by atoms with Gasteiger partial charge in [0.1, 0.15) is 0 Å². The zero-order valence-corrected chi connectivity index (χ0v) is 27.9. The second-order valence-corrected chi connectivity index (χ2v) is 10.3. The summed E-state index contributed by atoms with van der Waals surface area (Å²) in [5.74, 6) is 0. The van der Waals surface area contributed by atoms with Crippen molar-refractivity contribution in [3.8, 4) is 33.8 Å². The minimum Gasteiger partial charge on any atom is -0.305 e. The van der Waals surface area contributed by atoms with E-state index in [2.05, 4.69) is 76.1 Å². The smallest absolute Gasteiger partial charge is 0.305 e. The van der Waals surface area contributed by atoms with Crippen LogP contribution in [0.25, 0.3) is 61.4 Å². The molecule has 0 bridgehead atoms. The Morgan fingerprint density at radius 3 is 1.43 bits per heavy atom. The van der Waals surface area contributed by atoms with E-state index < -0.39 is 0 Å². The van der Waals surface area contributed by atoms with Gasteiger partial charge in [0.2, 0.25) is 0 Å². The topological polar surface area (TPSA) is 38.7 Å². The maximum atomic E-state index is 4.45. The molecule has 47 heavy (non-hydrogen) atoms. The fraction of sp³-hybridized carbons (Fsp3) is 0. The van der Waals surface area contributed by atoms with Crippen LogP contribution in [0.1, 0.15) is 5.56 Å². The molecule has 0 fully saturated rings. The van der Waals surface area contributed by atoms with Gasteiger partial charge in [-0.3, -0.25) is 0 Å². The van der Waals surface area contributed by atoms with Gasteiger partial charge in [-0.05, 0) is 44.7 Å². The van der Waals surface area contributed by atoms with Crippen molar-refractivity contribution in [3.63, 3.8) is 0 Å². The molecular formula is C43H30IrN3. The molecule has 0 unspecified atom stereocenters. The standard InChI is InChI=1S/2C15H10N.C13H10N.Ir/c2*1-2-6-12(7-3-1)15-10-13-8-4-5-9-14(13)11-16-15;1-2-11-6-8-12(9-7-11)13-5-3-4-10-14-13;/h2*1-6,8-11H;2-8,10H,1H2;/q3*-1;+3. The molecular weight excluding hydrogens is 751 g/mol. The van der Waals surface area contributed by atoms with E-state index in [4.69, 9.17) is 0 Å². The summed E-state index contributed by atoms with van der Waals surface area (Å²) < 4.78 is 0. The predicted molar refractivity (Wildman–Crippen MR) is 191 cm³/mol. The maximum Gasteiger partial charge on any atom is 3.00 e. The van der Waals surface area contributed by atoms with Gasteiger partial charge >= 0.3 is 20.1 Å². The molecule has 5 aromatic carbocycles. The SMILES string of the molecule is C=Cc1c[c-]c(-c2ccccn2)cc1.[Ir+3].[c-]1ccccc1-c1cc2ccccc2cn1.[c-]1ccccc1-c1cc2ccccc2cn1. The average Bonchev–Trinajstić information content (AvgIpc) is 3.16. The molecule has 0 radical (unpaired) electrons. The molecule has 0 amide bonds. The monoisotopic (exact) mass is 781 g/mol. The Kier molecular flexibility index (Phi) is 11.7. The largest absolute Gasteiger partial charge is 3.00 e. The maximum absolute atomic E-state index is 4.45. The van der Waals surface area contributed by atoms with Crippen molar-refractivity contribution in [2.24, 2.45) is 0 Å². The number of nitrogens with zero attached hydrogens (tertiary/aromatic N) is 3. The van der Waals surface area contributed by atoms with Gasteiger partial charge in [0.25, 0.3) is 0 Å². The van der Waals surface area contributed by atoms with Crippen LogP contribution in [-0.2, 0) is 20.1 Å². The van der Waals surface area contributed by atoms with Crippen molar-refractivity contribution in [3.05, 3.63) is 195 Å². The first kappa shape index (κ1) is 32.8. The Bertz CT molecular complexity index is 2030. The quantitative estimate of drug-likeness (QED) is 0.167. The van der Waals surface area contributed by atoms with Gasteiger partial charge in [-0.1, -0.05) is 72.8 Å². The molecule has 0 aliphatic heterocycles. The normalized spacial score (nSPS) is 10.0. The Labute approximate surface area is 289 Å². The summed E-state index contributed by atoms with van der Waals surface area (Å²) in [6, 6.07) is 57.8. The Morgan fingerprint density at radius 2 is 0.979 bits per heavy atom. The van der Waals surface area contributed by atoms with E-state index in [1.54, 1.807) is 12.3 Å². The van der Waals surface area contributed by atoms with E-state index in [0.29, 0.717) is 0 Å². The number of pyridine rings is 3. The van der Waals surface area contributed by atoms with Crippen molar-refractivity contribution in [1.82, 2.24) is 15.0 Å². The molecule has 0 saturated carbocycles. The van der Waals surface area contributed by atoms with Crippen LogP contribution in [0.5, 0.6) is 0 Å². The summed E-state index contributed by atoms with van der Waals surface area (Å²) in [6.45, 7) is 3.70. The van der Waals surface area contributed by atoms with Gasteiger partial charge in [0, 0.05) is 18.6 Å². The summed E-state index contributed by atoms with van der Waals surface area (Å²) in [5.41, 5.74) is 7.05. The first-order valence-corrected chi connectivity index (χ1v) is 15.0. The number of hydrogen-bond donors (Lipinski definition) is 0. The molecule has 226 valence electrons. The molecule has 0 atom stereocenters. The third kappa shape index (κ3) is 8.80. The van der Waals surface area contributed by atoms with Crippen LogP contribution in [0, 0.1) is 18.2 Å². The molecule has 3 heterocycles. The number of hydrogen-bond acceptors (Lipinski definition) is 3. The molecule has 3 aromatic heterocycles. The molecule has 3 nitrogen and oxygen atoms in total. The minimum atomic E-state index is 0. The second-order valence-electron chi connectivity index (χ2n) is 10.3. The van der Waals surface area contributed by atoms with E-state index in [9.17, 15) is 0 Å². The minimum absolute atomic E-state index is 0. The number of rotatable bonds is 4. The van der Waals surface area contributed by atoms with Crippen molar-refractivity contribution in [2.75, 3.05) is 0 Å². The summed E-state index contributed by atoms with van der Waals surface area (Å²) in [6.07, 6.45) is 7.40. The van der Waals surface area contributed by atoms with Crippen LogP contribution < -0.4 is 0 Å². The Morgan fingerprint density at radius 1 is 0.468 bits per heavy atom. The first-order chi connectivity index (χ1) is 22.8. The van der Waals surface area contributed by atoms with Crippen molar-refractivity contribution >= 4 is 27.6 Å².